The Morgan fingerprint density at radius 2 is 2.28 bits per heavy atom. The monoisotopic (exact) mass is 247 g/mol. The Kier molecular flexibility index (Phi) is 3.06. The molecule has 2 rings (SSSR count). The van der Waals surface area contributed by atoms with Crippen molar-refractivity contribution in [3.05, 3.63) is 36.4 Å². The van der Waals surface area contributed by atoms with Gasteiger partial charge in [-0.15, -0.1) is 0 Å². The number of rotatable bonds is 3. The maximum atomic E-state index is 11.8. The second kappa shape index (κ2) is 4.52. The van der Waals surface area contributed by atoms with E-state index in [4.69, 9.17) is 9.84 Å². The minimum atomic E-state index is -1.03. The third-order valence-electron chi connectivity index (χ3n) is 2.97. The lowest BCUT2D eigenvalue weighted by atomic mass is 10.1. The quantitative estimate of drug-likeness (QED) is 0.816. The van der Waals surface area contributed by atoms with E-state index in [1.54, 1.807) is 18.2 Å². The number of fused-ring (bicyclic) bond motifs is 1. The molecule has 0 spiro atoms. The van der Waals surface area contributed by atoms with Crippen LogP contribution in [0, 0.1) is 0 Å². The molecule has 1 unspecified atom stereocenters. The molecule has 1 aromatic rings. The van der Waals surface area contributed by atoms with Crippen LogP contribution in [0.15, 0.2) is 30.9 Å². The number of ether oxygens (including phenoxy) is 1. The summed E-state index contributed by atoms with van der Waals surface area (Å²) >= 11 is 0. The highest BCUT2D eigenvalue weighted by Gasteiger charge is 2.37. The molecule has 0 radical (unpaired) electrons. The number of carbonyl (C=O) groups is 2. The number of anilines is 1. The zero-order chi connectivity index (χ0) is 13.3. The molecule has 1 atom stereocenters. The summed E-state index contributed by atoms with van der Waals surface area (Å²) in [4.78, 5) is 24.2. The summed E-state index contributed by atoms with van der Waals surface area (Å²) in [6.45, 7) is 3.40. The van der Waals surface area contributed by atoms with Crippen LogP contribution >= 0.6 is 0 Å². The van der Waals surface area contributed by atoms with E-state index in [-0.39, 0.29) is 6.42 Å². The van der Waals surface area contributed by atoms with Gasteiger partial charge in [-0.2, -0.15) is 0 Å². The number of nitrogens with zero attached hydrogens (tertiary/aromatic N) is 1. The average Bonchev–Trinajstić information content (AvgIpc) is 2.76. The Morgan fingerprint density at radius 1 is 1.56 bits per heavy atom. The number of methoxy groups -OCH3 is 1. The highest BCUT2D eigenvalue weighted by atomic mass is 16.5. The SMILES string of the molecule is C=CC(=O)N1c2ccc(OC)cc2CC1C(=O)O. The largest absolute Gasteiger partial charge is 0.497 e. The van der Waals surface area contributed by atoms with Crippen molar-refractivity contribution >= 4 is 17.6 Å². The standard InChI is InChI=1S/C13H13NO4/c1-3-12(15)14-10-5-4-9(18-2)6-8(10)7-11(14)13(16)17/h3-6,11H,1,7H2,2H3,(H,16,17). The number of carbonyl (C=O) groups excluding carboxylic acids is 1. The van der Waals surface area contributed by atoms with Gasteiger partial charge in [-0.25, -0.2) is 4.79 Å². The fourth-order valence-electron chi connectivity index (χ4n) is 2.12. The second-order valence-corrected chi connectivity index (χ2v) is 3.97. The van der Waals surface area contributed by atoms with Crippen LogP contribution in [0.1, 0.15) is 5.56 Å². The van der Waals surface area contributed by atoms with Crippen LogP contribution < -0.4 is 9.64 Å². The number of carboxylic acids is 1. The van der Waals surface area contributed by atoms with Crippen molar-refractivity contribution in [3.63, 3.8) is 0 Å². The Labute approximate surface area is 104 Å². The molecule has 5 heteroatoms. The van der Waals surface area contributed by atoms with Gasteiger partial charge in [0, 0.05) is 12.1 Å². The zero-order valence-electron chi connectivity index (χ0n) is 9.92. The lowest BCUT2D eigenvalue weighted by Gasteiger charge is -2.20. The highest BCUT2D eigenvalue weighted by Crippen LogP contribution is 2.35. The van der Waals surface area contributed by atoms with Crippen LogP contribution in [0.3, 0.4) is 0 Å². The van der Waals surface area contributed by atoms with E-state index in [9.17, 15) is 9.59 Å². The van der Waals surface area contributed by atoms with Gasteiger partial charge >= 0.3 is 5.97 Å². The highest BCUT2D eigenvalue weighted by molar-refractivity contribution is 6.07. The number of aliphatic carboxylic acids is 1. The van der Waals surface area contributed by atoms with E-state index in [1.165, 1.54) is 12.0 Å². The molecular weight excluding hydrogens is 234 g/mol. The van der Waals surface area contributed by atoms with Crippen LogP contribution in [-0.4, -0.2) is 30.1 Å². The van der Waals surface area contributed by atoms with Crippen LogP contribution in [-0.2, 0) is 16.0 Å². The first-order valence-corrected chi connectivity index (χ1v) is 5.44. The Bertz CT molecular complexity index is 524. The fourth-order valence-corrected chi connectivity index (χ4v) is 2.12. The molecule has 94 valence electrons. The van der Waals surface area contributed by atoms with Gasteiger partial charge in [0.25, 0.3) is 5.91 Å². The van der Waals surface area contributed by atoms with Crippen molar-refractivity contribution < 1.29 is 19.4 Å². The molecular formula is C13H13NO4. The first kappa shape index (κ1) is 12.2. The van der Waals surface area contributed by atoms with Crippen molar-refractivity contribution in [2.24, 2.45) is 0 Å². The van der Waals surface area contributed by atoms with Gasteiger partial charge in [-0.05, 0) is 29.8 Å². The maximum absolute atomic E-state index is 11.8. The van der Waals surface area contributed by atoms with Gasteiger partial charge in [0.15, 0.2) is 0 Å². The smallest absolute Gasteiger partial charge is 0.327 e. The molecule has 0 aromatic heterocycles. The van der Waals surface area contributed by atoms with E-state index in [0.717, 1.165) is 11.6 Å². The molecule has 1 aromatic carbocycles. The molecule has 0 fully saturated rings. The number of hydrogen-bond donors (Lipinski definition) is 1. The molecule has 18 heavy (non-hydrogen) atoms. The lowest BCUT2D eigenvalue weighted by molar-refractivity contribution is -0.139. The topological polar surface area (TPSA) is 66.8 Å². The molecule has 1 aliphatic heterocycles. The molecule has 0 saturated carbocycles. The van der Waals surface area contributed by atoms with Gasteiger partial charge in [-0.1, -0.05) is 6.58 Å². The summed E-state index contributed by atoms with van der Waals surface area (Å²) in [6, 6.07) is 4.27. The third kappa shape index (κ3) is 1.84. The van der Waals surface area contributed by atoms with Crippen molar-refractivity contribution in [1.29, 1.82) is 0 Å². The predicted molar refractivity (Wildman–Crippen MR) is 65.8 cm³/mol. The number of amides is 1. The van der Waals surface area contributed by atoms with Crippen molar-refractivity contribution in [1.82, 2.24) is 0 Å². The van der Waals surface area contributed by atoms with E-state index >= 15 is 0 Å². The first-order valence-electron chi connectivity index (χ1n) is 5.44. The third-order valence-corrected chi connectivity index (χ3v) is 2.97. The Balaban J connectivity index is 2.47. The summed E-state index contributed by atoms with van der Waals surface area (Å²) in [5.74, 6) is -0.794. The summed E-state index contributed by atoms with van der Waals surface area (Å²) < 4.78 is 5.09. The normalized spacial score (nSPS) is 17.2. The van der Waals surface area contributed by atoms with E-state index < -0.39 is 17.9 Å². The maximum Gasteiger partial charge on any atom is 0.327 e. The van der Waals surface area contributed by atoms with Crippen LogP contribution in [0.4, 0.5) is 5.69 Å². The summed E-state index contributed by atoms with van der Waals surface area (Å²) in [5.41, 5.74) is 1.39. The van der Waals surface area contributed by atoms with Crippen LogP contribution in [0.5, 0.6) is 5.75 Å². The Morgan fingerprint density at radius 3 is 2.83 bits per heavy atom. The van der Waals surface area contributed by atoms with Crippen LogP contribution in [0.25, 0.3) is 0 Å². The minimum Gasteiger partial charge on any atom is -0.497 e. The molecule has 1 amide bonds. The zero-order valence-corrected chi connectivity index (χ0v) is 9.92. The van der Waals surface area contributed by atoms with Crippen molar-refractivity contribution in [2.75, 3.05) is 12.0 Å². The molecule has 0 aliphatic carbocycles. The van der Waals surface area contributed by atoms with Crippen LogP contribution in [0.2, 0.25) is 0 Å². The van der Waals surface area contributed by atoms with E-state index in [0.29, 0.717) is 11.4 Å². The van der Waals surface area contributed by atoms with Gasteiger partial charge in [0.1, 0.15) is 11.8 Å². The minimum absolute atomic E-state index is 0.279. The Hall–Kier alpha value is -2.30. The molecule has 1 N–H and O–H groups in total. The van der Waals surface area contributed by atoms with E-state index in [2.05, 4.69) is 6.58 Å². The van der Waals surface area contributed by atoms with Gasteiger partial charge in [-0.3, -0.25) is 9.69 Å². The average molecular weight is 247 g/mol. The molecule has 0 bridgehead atoms. The van der Waals surface area contributed by atoms with Crippen molar-refractivity contribution in [3.8, 4) is 5.75 Å². The second-order valence-electron chi connectivity index (χ2n) is 3.97. The van der Waals surface area contributed by atoms with E-state index in [1.807, 2.05) is 0 Å². The number of hydrogen-bond acceptors (Lipinski definition) is 3. The molecule has 1 heterocycles. The summed E-state index contributed by atoms with van der Waals surface area (Å²) in [5, 5.41) is 9.17. The number of carboxylic acid groups (broad SMARTS) is 1. The van der Waals surface area contributed by atoms with Gasteiger partial charge in [0.05, 0.1) is 7.11 Å². The number of benzene rings is 1. The lowest BCUT2D eigenvalue weighted by Crippen LogP contribution is -2.41. The fraction of sp³-hybridized carbons (Fsp3) is 0.231. The van der Waals surface area contributed by atoms with Gasteiger partial charge in [0.2, 0.25) is 0 Å². The first-order chi connectivity index (χ1) is 8.58. The molecule has 1 aliphatic rings. The van der Waals surface area contributed by atoms with Crippen molar-refractivity contribution in [2.45, 2.75) is 12.5 Å². The summed E-state index contributed by atoms with van der Waals surface area (Å²) in [6.07, 6.45) is 1.40. The summed E-state index contributed by atoms with van der Waals surface area (Å²) in [7, 11) is 1.54. The molecule has 5 nitrogen and oxygen atoms in total. The molecule has 0 saturated heterocycles. The predicted octanol–water partition coefficient (Wildman–Crippen LogP) is 1.22. The van der Waals surface area contributed by atoms with Gasteiger partial charge < -0.3 is 9.84 Å².